The van der Waals surface area contributed by atoms with Gasteiger partial charge in [0.15, 0.2) is 0 Å². The van der Waals surface area contributed by atoms with E-state index in [2.05, 4.69) is 149 Å². The number of hydrogen-bond acceptors (Lipinski definition) is 1. The van der Waals surface area contributed by atoms with Crippen LogP contribution in [0.5, 0.6) is 0 Å². The number of rotatable bonds is 2. The van der Waals surface area contributed by atoms with Crippen LogP contribution in [0.15, 0.2) is 132 Å². The average molecular weight is 595 g/mol. The molecule has 2 nitrogen and oxygen atoms in total. The Labute approximate surface area is 265 Å². The molecule has 1 aliphatic heterocycles. The molecule has 0 bridgehead atoms. The Morgan fingerprint density at radius 2 is 1.38 bits per heavy atom. The topological polar surface area (TPSA) is 9.86 Å². The summed E-state index contributed by atoms with van der Waals surface area (Å²) in [5.41, 5.74) is 11.6. The second kappa shape index (κ2) is 9.76. The van der Waals surface area contributed by atoms with Crippen molar-refractivity contribution in [2.45, 2.75) is 29.4 Å². The van der Waals surface area contributed by atoms with Gasteiger partial charge in [-0.2, -0.15) is 0 Å². The van der Waals surface area contributed by atoms with Crippen molar-refractivity contribution in [3.8, 4) is 27.9 Å². The third-order valence-corrected chi connectivity index (χ3v) is 11.1. The number of nitrogens with zero attached hydrogens (tertiary/aromatic N) is 2. The van der Waals surface area contributed by atoms with Gasteiger partial charge in [0, 0.05) is 48.6 Å². The summed E-state index contributed by atoms with van der Waals surface area (Å²) in [6.07, 6.45) is 14.9. The van der Waals surface area contributed by atoms with Crippen LogP contribution in [0, 0.1) is 0 Å². The molecule has 2 aliphatic carbocycles. The number of fused-ring (bicyclic) bond motifs is 10. The van der Waals surface area contributed by atoms with E-state index in [1.165, 1.54) is 81.8 Å². The summed E-state index contributed by atoms with van der Waals surface area (Å²) < 4.78 is 4.99. The summed E-state index contributed by atoms with van der Waals surface area (Å²) in [7, 11) is 0. The summed E-state index contributed by atoms with van der Waals surface area (Å²) in [6.45, 7) is 0. The molecule has 1 atom stereocenters. The number of thioether (sulfide) groups is 1. The van der Waals surface area contributed by atoms with Gasteiger partial charge in [-0.05, 0) is 84.5 Å². The third kappa shape index (κ3) is 3.71. The number of allylic oxidation sites excluding steroid dienone is 3. The van der Waals surface area contributed by atoms with E-state index in [0.717, 1.165) is 19.3 Å². The lowest BCUT2D eigenvalue weighted by Crippen LogP contribution is -2.30. The summed E-state index contributed by atoms with van der Waals surface area (Å²) in [5, 5.41) is 7.01. The molecule has 2 aromatic heterocycles. The Morgan fingerprint density at radius 1 is 0.622 bits per heavy atom. The molecule has 0 fully saturated rings. The zero-order chi connectivity index (χ0) is 29.5. The first-order chi connectivity index (χ1) is 22.3. The lowest BCUT2D eigenvalue weighted by Gasteiger charge is -2.28. The minimum Gasteiger partial charge on any atom is -0.311 e. The van der Waals surface area contributed by atoms with Crippen molar-refractivity contribution in [2.24, 2.45) is 0 Å². The van der Waals surface area contributed by atoms with Gasteiger partial charge in [-0.1, -0.05) is 91.0 Å². The van der Waals surface area contributed by atoms with Crippen LogP contribution in [-0.2, 0) is 0 Å². The third-order valence-electron chi connectivity index (χ3n) is 9.82. The van der Waals surface area contributed by atoms with E-state index in [0.29, 0.717) is 5.25 Å². The highest BCUT2D eigenvalue weighted by Crippen LogP contribution is 2.48. The Kier molecular flexibility index (Phi) is 5.50. The highest BCUT2D eigenvalue weighted by Gasteiger charge is 2.28. The number of hydrogen-bond donors (Lipinski definition) is 0. The van der Waals surface area contributed by atoms with E-state index in [9.17, 15) is 0 Å². The largest absolute Gasteiger partial charge is 0.311 e. The van der Waals surface area contributed by atoms with Gasteiger partial charge in [0.2, 0.25) is 0 Å². The van der Waals surface area contributed by atoms with E-state index in [1.54, 1.807) is 0 Å². The molecular formula is C42H30N2S. The van der Waals surface area contributed by atoms with Crippen molar-refractivity contribution in [3.63, 3.8) is 0 Å². The minimum absolute atomic E-state index is 0.373. The Morgan fingerprint density at radius 3 is 2.27 bits per heavy atom. The number of benzene rings is 5. The molecule has 3 aliphatic rings. The van der Waals surface area contributed by atoms with Crippen LogP contribution < -0.4 is 10.6 Å². The summed E-state index contributed by atoms with van der Waals surface area (Å²) in [4.78, 5) is 1.36. The second-order valence-corrected chi connectivity index (χ2v) is 13.6. The SMILES string of the molecule is C1=CCC2Sc3ccccc3-c3cccc4c5cc(-c6ccc7c(c6)c6c(n7-c7ccccc7)=CCCC=6)ccc5n(c34)C2=C1. The molecule has 0 radical (unpaired) electrons. The van der Waals surface area contributed by atoms with Crippen molar-refractivity contribution >= 4 is 62.3 Å². The van der Waals surface area contributed by atoms with Crippen LogP contribution in [0.1, 0.15) is 19.3 Å². The van der Waals surface area contributed by atoms with Gasteiger partial charge in [0.1, 0.15) is 0 Å². The van der Waals surface area contributed by atoms with Crippen LogP contribution in [-0.4, -0.2) is 14.4 Å². The first kappa shape index (κ1) is 25.3. The Balaban J connectivity index is 1.23. The zero-order valence-corrected chi connectivity index (χ0v) is 25.6. The minimum atomic E-state index is 0.373. The highest BCUT2D eigenvalue weighted by molar-refractivity contribution is 8.00. The molecule has 1 unspecified atom stereocenters. The van der Waals surface area contributed by atoms with Crippen LogP contribution >= 0.6 is 11.8 Å². The molecule has 0 amide bonds. The summed E-state index contributed by atoms with van der Waals surface area (Å²) in [5.74, 6) is 0. The van der Waals surface area contributed by atoms with Gasteiger partial charge >= 0.3 is 0 Å². The van der Waals surface area contributed by atoms with Crippen molar-refractivity contribution in [2.75, 3.05) is 0 Å². The average Bonchev–Trinajstić information content (AvgIpc) is 3.61. The summed E-state index contributed by atoms with van der Waals surface area (Å²) >= 11 is 2.00. The van der Waals surface area contributed by atoms with Crippen LogP contribution in [0.3, 0.4) is 0 Å². The maximum absolute atomic E-state index is 2.56. The van der Waals surface area contributed by atoms with E-state index in [-0.39, 0.29) is 0 Å². The Hall–Kier alpha value is -4.99. The lowest BCUT2D eigenvalue weighted by molar-refractivity contribution is 0.992. The van der Waals surface area contributed by atoms with E-state index < -0.39 is 0 Å². The normalized spacial score (nSPS) is 16.7. The van der Waals surface area contributed by atoms with Crippen LogP contribution in [0.25, 0.3) is 78.5 Å². The maximum atomic E-state index is 2.56. The van der Waals surface area contributed by atoms with Gasteiger partial charge in [0.25, 0.3) is 0 Å². The number of aromatic nitrogens is 2. The standard InChI is InChI=1S/C42H30N2S/c1-2-11-29(12-3-1)43-36-17-6-4-13-30(36)34-25-27(21-23-37(34)43)28-22-24-38-35(26-28)33-16-10-15-32-31-14-5-8-19-40(31)45-41-20-9-7-18-39(41)44(38)42(32)33/h1-3,5,7-19,21-26,41H,4,6,20H2. The molecule has 214 valence electrons. The quantitative estimate of drug-likeness (QED) is 0.194. The van der Waals surface area contributed by atoms with E-state index in [4.69, 9.17) is 0 Å². The van der Waals surface area contributed by atoms with Gasteiger partial charge in [-0.15, -0.1) is 11.8 Å². The zero-order valence-electron chi connectivity index (χ0n) is 24.8. The fourth-order valence-corrected chi connectivity index (χ4v) is 9.12. The molecule has 0 N–H and O–H groups in total. The molecular weight excluding hydrogens is 565 g/mol. The van der Waals surface area contributed by atoms with Gasteiger partial charge in [-0.25, -0.2) is 0 Å². The van der Waals surface area contributed by atoms with Crippen molar-refractivity contribution in [1.29, 1.82) is 0 Å². The molecule has 45 heavy (non-hydrogen) atoms. The maximum Gasteiger partial charge on any atom is 0.0617 e. The first-order valence-electron chi connectivity index (χ1n) is 15.9. The van der Waals surface area contributed by atoms with Crippen LogP contribution in [0.4, 0.5) is 0 Å². The highest BCUT2D eigenvalue weighted by atomic mass is 32.2. The van der Waals surface area contributed by atoms with Gasteiger partial charge in [-0.3, -0.25) is 0 Å². The molecule has 3 heteroatoms. The second-order valence-electron chi connectivity index (χ2n) is 12.3. The van der Waals surface area contributed by atoms with Gasteiger partial charge in [0.05, 0.1) is 21.8 Å². The van der Waals surface area contributed by atoms with E-state index >= 15 is 0 Å². The Bertz CT molecular complexity index is 2540. The summed E-state index contributed by atoms with van der Waals surface area (Å²) in [6, 6.07) is 40.7. The molecule has 0 saturated carbocycles. The molecule has 3 heterocycles. The molecule has 7 aromatic rings. The fourth-order valence-electron chi connectivity index (χ4n) is 7.84. The molecule has 5 aromatic carbocycles. The molecule has 0 saturated heterocycles. The monoisotopic (exact) mass is 594 g/mol. The first-order valence-corrected chi connectivity index (χ1v) is 16.8. The predicted molar refractivity (Wildman–Crippen MR) is 192 cm³/mol. The molecule has 0 spiro atoms. The van der Waals surface area contributed by atoms with Gasteiger partial charge < -0.3 is 9.13 Å². The fraction of sp³-hybridized carbons (Fsp3) is 0.0952. The lowest BCUT2D eigenvalue weighted by atomic mass is 9.99. The van der Waals surface area contributed by atoms with Crippen molar-refractivity contribution in [1.82, 2.24) is 9.13 Å². The number of para-hydroxylation sites is 2. The van der Waals surface area contributed by atoms with Crippen molar-refractivity contribution in [3.05, 3.63) is 138 Å². The van der Waals surface area contributed by atoms with Crippen molar-refractivity contribution < 1.29 is 0 Å². The van der Waals surface area contributed by atoms with Crippen LogP contribution in [0.2, 0.25) is 0 Å². The smallest absolute Gasteiger partial charge is 0.0617 e. The predicted octanol–water partition coefficient (Wildman–Crippen LogP) is 9.70. The molecule has 10 rings (SSSR count). The van der Waals surface area contributed by atoms with E-state index in [1.807, 2.05) is 11.8 Å².